The molecule has 3 aromatic heterocycles. The predicted molar refractivity (Wildman–Crippen MR) is 141 cm³/mol. The first kappa shape index (κ1) is 24.3. The van der Waals surface area contributed by atoms with Crippen molar-refractivity contribution < 1.29 is 18.3 Å². The monoisotopic (exact) mass is 515 g/mol. The molecule has 194 valence electrons. The maximum absolute atomic E-state index is 14.4. The van der Waals surface area contributed by atoms with Gasteiger partial charge in [-0.15, -0.1) is 0 Å². The summed E-state index contributed by atoms with van der Waals surface area (Å²) < 4.78 is 43.1. The zero-order valence-corrected chi connectivity index (χ0v) is 20.7. The second kappa shape index (κ2) is 10.4. The third kappa shape index (κ3) is 5.03. The number of nitrogens with zero attached hydrogens (tertiary/aromatic N) is 4. The molecule has 6 rings (SSSR count). The van der Waals surface area contributed by atoms with Crippen LogP contribution in [0.15, 0.2) is 73.3 Å². The van der Waals surface area contributed by atoms with Gasteiger partial charge < -0.3 is 15.2 Å². The smallest absolute Gasteiger partial charge is 0.157 e. The summed E-state index contributed by atoms with van der Waals surface area (Å²) in [5.41, 5.74) is 11.8. The SMILES string of the molecule is Nc1cc(-c2ccc(F)cc2F)cc(-c2cnc3cc(-c4cnn(CCOC5CCCCO5)c4)ccn23)c1. The Morgan fingerprint density at radius 2 is 1.87 bits per heavy atom. The zero-order valence-electron chi connectivity index (χ0n) is 20.7. The van der Waals surface area contributed by atoms with Crippen LogP contribution in [0.5, 0.6) is 0 Å². The molecule has 0 spiro atoms. The van der Waals surface area contributed by atoms with Gasteiger partial charge >= 0.3 is 0 Å². The number of rotatable bonds is 7. The first-order chi connectivity index (χ1) is 18.5. The van der Waals surface area contributed by atoms with Gasteiger partial charge in [0.25, 0.3) is 0 Å². The van der Waals surface area contributed by atoms with Crippen molar-refractivity contribution >= 4 is 11.3 Å². The quantitative estimate of drug-likeness (QED) is 0.272. The van der Waals surface area contributed by atoms with E-state index in [-0.39, 0.29) is 11.9 Å². The van der Waals surface area contributed by atoms with Crippen LogP contribution in [0.25, 0.3) is 39.2 Å². The van der Waals surface area contributed by atoms with Gasteiger partial charge in [0, 0.05) is 47.4 Å². The molecule has 0 saturated carbocycles. The van der Waals surface area contributed by atoms with Gasteiger partial charge in [0.1, 0.15) is 17.3 Å². The molecule has 9 heteroatoms. The van der Waals surface area contributed by atoms with E-state index >= 15 is 0 Å². The number of imidazole rings is 1. The zero-order chi connectivity index (χ0) is 26.1. The normalized spacial score (nSPS) is 15.8. The topological polar surface area (TPSA) is 79.6 Å². The van der Waals surface area contributed by atoms with Crippen LogP contribution in [0, 0.1) is 11.6 Å². The lowest BCUT2D eigenvalue weighted by molar-refractivity contribution is -0.163. The van der Waals surface area contributed by atoms with E-state index in [1.165, 1.54) is 12.1 Å². The summed E-state index contributed by atoms with van der Waals surface area (Å²) in [5.74, 6) is -1.26. The van der Waals surface area contributed by atoms with Crippen LogP contribution in [0.3, 0.4) is 0 Å². The molecule has 38 heavy (non-hydrogen) atoms. The average molecular weight is 516 g/mol. The number of fused-ring (bicyclic) bond motifs is 1. The summed E-state index contributed by atoms with van der Waals surface area (Å²) in [6, 6.07) is 12.8. The minimum Gasteiger partial charge on any atom is -0.399 e. The van der Waals surface area contributed by atoms with Gasteiger partial charge in [-0.1, -0.05) is 0 Å². The first-order valence-electron chi connectivity index (χ1n) is 12.6. The molecule has 5 aromatic rings. The van der Waals surface area contributed by atoms with E-state index in [4.69, 9.17) is 15.2 Å². The molecule has 0 radical (unpaired) electrons. The number of benzene rings is 2. The van der Waals surface area contributed by atoms with E-state index < -0.39 is 11.6 Å². The molecule has 1 fully saturated rings. The molecule has 1 unspecified atom stereocenters. The number of pyridine rings is 1. The summed E-state index contributed by atoms with van der Waals surface area (Å²) in [7, 11) is 0. The standard InChI is InChI=1S/C29H27F2N5O2/c30-23-4-5-25(26(31)15-23)20-11-21(13-24(32)12-20)27-17-33-28-14-19(6-7-36(27)28)22-16-34-35(18-22)8-10-38-29-3-1-2-9-37-29/h4-7,11-18,29H,1-3,8-10,32H2. The van der Waals surface area contributed by atoms with Crippen LogP contribution >= 0.6 is 0 Å². The average Bonchev–Trinajstić information content (AvgIpc) is 3.56. The van der Waals surface area contributed by atoms with Crippen LogP contribution < -0.4 is 5.73 Å². The maximum Gasteiger partial charge on any atom is 0.157 e. The molecular formula is C29H27F2N5O2. The molecule has 1 aliphatic rings. The van der Waals surface area contributed by atoms with Gasteiger partial charge in [0.2, 0.25) is 0 Å². The molecule has 2 aromatic carbocycles. The molecule has 4 heterocycles. The van der Waals surface area contributed by atoms with Gasteiger partial charge in [-0.2, -0.15) is 5.10 Å². The summed E-state index contributed by atoms with van der Waals surface area (Å²) >= 11 is 0. The summed E-state index contributed by atoms with van der Waals surface area (Å²) in [5, 5.41) is 4.47. The predicted octanol–water partition coefficient (Wildman–Crippen LogP) is 5.94. The Morgan fingerprint density at radius 1 is 0.974 bits per heavy atom. The summed E-state index contributed by atoms with van der Waals surface area (Å²) in [4.78, 5) is 4.59. The Morgan fingerprint density at radius 3 is 2.71 bits per heavy atom. The lowest BCUT2D eigenvalue weighted by Crippen LogP contribution is -2.24. The van der Waals surface area contributed by atoms with Crippen LogP contribution in [0.4, 0.5) is 14.5 Å². The van der Waals surface area contributed by atoms with Crippen molar-refractivity contribution in [2.24, 2.45) is 0 Å². The Hall–Kier alpha value is -4.08. The highest BCUT2D eigenvalue weighted by Gasteiger charge is 2.15. The summed E-state index contributed by atoms with van der Waals surface area (Å²) in [6.45, 7) is 1.95. The fourth-order valence-corrected chi connectivity index (χ4v) is 4.81. The number of halogens is 2. The van der Waals surface area contributed by atoms with E-state index in [1.807, 2.05) is 51.9 Å². The third-order valence-electron chi connectivity index (χ3n) is 6.74. The van der Waals surface area contributed by atoms with Crippen LogP contribution in [-0.4, -0.2) is 38.7 Å². The highest BCUT2D eigenvalue weighted by molar-refractivity contribution is 5.78. The molecule has 1 aliphatic heterocycles. The number of anilines is 1. The Kier molecular flexibility index (Phi) is 6.61. The van der Waals surface area contributed by atoms with E-state index in [0.717, 1.165) is 60.0 Å². The van der Waals surface area contributed by atoms with Crippen molar-refractivity contribution in [1.29, 1.82) is 0 Å². The highest BCUT2D eigenvalue weighted by Crippen LogP contribution is 2.32. The highest BCUT2D eigenvalue weighted by atomic mass is 19.1. The fourth-order valence-electron chi connectivity index (χ4n) is 4.81. The van der Waals surface area contributed by atoms with Gasteiger partial charge in [-0.05, 0) is 72.9 Å². The molecule has 7 nitrogen and oxygen atoms in total. The molecule has 0 aliphatic carbocycles. The molecule has 2 N–H and O–H groups in total. The van der Waals surface area contributed by atoms with Gasteiger partial charge in [0.15, 0.2) is 6.29 Å². The van der Waals surface area contributed by atoms with Crippen molar-refractivity contribution in [3.05, 3.63) is 85.0 Å². The van der Waals surface area contributed by atoms with Crippen molar-refractivity contribution in [1.82, 2.24) is 19.2 Å². The number of hydrogen-bond acceptors (Lipinski definition) is 5. The minimum absolute atomic E-state index is 0.110. The maximum atomic E-state index is 14.4. The number of nitrogen functional groups attached to an aromatic ring is 1. The van der Waals surface area contributed by atoms with Crippen LogP contribution in [0.1, 0.15) is 19.3 Å². The fraction of sp³-hybridized carbons (Fsp3) is 0.241. The van der Waals surface area contributed by atoms with Crippen molar-refractivity contribution in [3.63, 3.8) is 0 Å². The number of nitrogens with two attached hydrogens (primary N) is 1. The molecule has 1 atom stereocenters. The molecule has 0 amide bonds. The first-order valence-corrected chi connectivity index (χ1v) is 12.6. The van der Waals surface area contributed by atoms with Crippen LogP contribution in [0.2, 0.25) is 0 Å². The summed E-state index contributed by atoms with van der Waals surface area (Å²) in [6.07, 6.45) is 10.6. The Balaban J connectivity index is 1.22. The molecule has 1 saturated heterocycles. The molecular weight excluding hydrogens is 488 g/mol. The Bertz CT molecular complexity index is 1590. The van der Waals surface area contributed by atoms with Gasteiger partial charge in [-0.3, -0.25) is 9.08 Å². The lowest BCUT2D eigenvalue weighted by Gasteiger charge is -2.22. The Labute approximate surface area is 218 Å². The van der Waals surface area contributed by atoms with Gasteiger partial charge in [-0.25, -0.2) is 13.8 Å². The minimum atomic E-state index is -0.640. The van der Waals surface area contributed by atoms with Crippen LogP contribution in [-0.2, 0) is 16.0 Å². The van der Waals surface area contributed by atoms with Crippen molar-refractivity contribution in [2.45, 2.75) is 32.1 Å². The van der Waals surface area contributed by atoms with E-state index in [1.54, 1.807) is 12.3 Å². The van der Waals surface area contributed by atoms with Gasteiger partial charge in [0.05, 0.1) is 31.2 Å². The van der Waals surface area contributed by atoms with Crippen molar-refractivity contribution in [3.8, 4) is 33.5 Å². The van der Waals surface area contributed by atoms with Crippen molar-refractivity contribution in [2.75, 3.05) is 18.9 Å². The number of ether oxygens (including phenoxy) is 2. The largest absolute Gasteiger partial charge is 0.399 e. The van der Waals surface area contributed by atoms with E-state index in [0.29, 0.717) is 24.4 Å². The van der Waals surface area contributed by atoms with E-state index in [9.17, 15) is 8.78 Å². The third-order valence-corrected chi connectivity index (χ3v) is 6.74. The lowest BCUT2D eigenvalue weighted by atomic mass is 10.0. The second-order valence-electron chi connectivity index (χ2n) is 9.41. The van der Waals surface area contributed by atoms with E-state index in [2.05, 4.69) is 10.1 Å². The second-order valence-corrected chi connectivity index (χ2v) is 9.41. The number of aromatic nitrogens is 4. The number of hydrogen-bond donors (Lipinski definition) is 1. The molecule has 0 bridgehead atoms.